The molecule has 20 heavy (non-hydrogen) atoms. The summed E-state index contributed by atoms with van der Waals surface area (Å²) >= 11 is 1.67. The number of nitrogens with zero attached hydrogens (tertiary/aromatic N) is 4. The smallest absolute Gasteiger partial charge is 0.274 e. The Hall–Kier alpha value is -1.82. The van der Waals surface area contributed by atoms with Crippen molar-refractivity contribution in [2.24, 2.45) is 0 Å². The van der Waals surface area contributed by atoms with Crippen molar-refractivity contribution in [2.75, 3.05) is 7.05 Å². The van der Waals surface area contributed by atoms with Gasteiger partial charge in [0.05, 0.1) is 22.9 Å². The fourth-order valence-electron chi connectivity index (χ4n) is 1.95. The molecule has 2 aromatic rings. The van der Waals surface area contributed by atoms with Gasteiger partial charge in [-0.2, -0.15) is 0 Å². The minimum atomic E-state index is -0.128. The highest BCUT2D eigenvalue weighted by Gasteiger charge is 2.23. The van der Waals surface area contributed by atoms with Crippen molar-refractivity contribution in [1.29, 1.82) is 0 Å². The molecule has 2 aromatic heterocycles. The molecule has 1 atom stereocenters. The van der Waals surface area contributed by atoms with Gasteiger partial charge in [-0.05, 0) is 20.3 Å². The Balaban J connectivity index is 2.22. The van der Waals surface area contributed by atoms with Gasteiger partial charge in [-0.25, -0.2) is 9.97 Å². The third kappa shape index (κ3) is 2.85. The van der Waals surface area contributed by atoms with Crippen molar-refractivity contribution in [1.82, 2.24) is 19.9 Å². The van der Waals surface area contributed by atoms with Crippen LogP contribution in [0.25, 0.3) is 0 Å². The average molecular weight is 290 g/mol. The Labute approximate surface area is 122 Å². The number of carbonyl (C=O) groups is 1. The number of thiazole rings is 1. The zero-order chi connectivity index (χ0) is 14.7. The fourth-order valence-corrected chi connectivity index (χ4v) is 3.05. The molecule has 1 amide bonds. The molecule has 0 radical (unpaired) electrons. The zero-order valence-electron chi connectivity index (χ0n) is 12.1. The van der Waals surface area contributed by atoms with E-state index in [1.54, 1.807) is 29.5 Å². The summed E-state index contributed by atoms with van der Waals surface area (Å²) in [5, 5.41) is 1.10. The Bertz CT molecular complexity index is 596. The highest BCUT2D eigenvalue weighted by atomic mass is 32.1. The molecule has 2 heterocycles. The topological polar surface area (TPSA) is 59.0 Å². The van der Waals surface area contributed by atoms with E-state index < -0.39 is 0 Å². The molecule has 2 rings (SSSR count). The normalized spacial score (nSPS) is 12.2. The Morgan fingerprint density at radius 2 is 2.20 bits per heavy atom. The van der Waals surface area contributed by atoms with Gasteiger partial charge in [0.2, 0.25) is 0 Å². The summed E-state index contributed by atoms with van der Waals surface area (Å²) in [6.07, 6.45) is 5.49. The van der Waals surface area contributed by atoms with E-state index in [-0.39, 0.29) is 11.9 Å². The number of hydrogen-bond donors (Lipinski definition) is 0. The van der Waals surface area contributed by atoms with Crippen LogP contribution >= 0.6 is 11.3 Å². The minimum Gasteiger partial charge on any atom is -0.333 e. The molecule has 0 aliphatic carbocycles. The first kappa shape index (κ1) is 14.6. The maximum Gasteiger partial charge on any atom is 0.274 e. The number of carbonyl (C=O) groups excluding carboxylic acids is 1. The van der Waals surface area contributed by atoms with Gasteiger partial charge in [-0.1, -0.05) is 6.92 Å². The van der Waals surface area contributed by atoms with Gasteiger partial charge in [0, 0.05) is 24.3 Å². The van der Waals surface area contributed by atoms with Crippen LogP contribution in [0, 0.1) is 6.92 Å². The summed E-state index contributed by atoms with van der Waals surface area (Å²) in [5.41, 5.74) is 1.36. The lowest BCUT2D eigenvalue weighted by molar-refractivity contribution is 0.0738. The van der Waals surface area contributed by atoms with Crippen molar-refractivity contribution in [3.63, 3.8) is 0 Å². The summed E-state index contributed by atoms with van der Waals surface area (Å²) in [7, 11) is 1.78. The molecule has 0 bridgehead atoms. The maximum absolute atomic E-state index is 12.4. The minimum absolute atomic E-state index is 0.0256. The van der Waals surface area contributed by atoms with Gasteiger partial charge in [0.1, 0.15) is 5.69 Å². The highest BCUT2D eigenvalue weighted by molar-refractivity contribution is 7.11. The van der Waals surface area contributed by atoms with Gasteiger partial charge in [0.15, 0.2) is 0 Å². The lowest BCUT2D eigenvalue weighted by Crippen LogP contribution is -2.30. The van der Waals surface area contributed by atoms with Crippen LogP contribution in [0.4, 0.5) is 0 Å². The van der Waals surface area contributed by atoms with Crippen LogP contribution in [0.3, 0.4) is 0 Å². The van der Waals surface area contributed by atoms with E-state index >= 15 is 0 Å². The van der Waals surface area contributed by atoms with Gasteiger partial charge in [-0.15, -0.1) is 11.3 Å². The maximum atomic E-state index is 12.4. The van der Waals surface area contributed by atoms with E-state index in [1.165, 1.54) is 12.4 Å². The molecular weight excluding hydrogens is 272 g/mol. The molecule has 5 nitrogen and oxygen atoms in total. The van der Waals surface area contributed by atoms with Crippen LogP contribution in [0.1, 0.15) is 46.0 Å². The first-order valence-corrected chi connectivity index (χ1v) is 7.35. The van der Waals surface area contributed by atoms with Crippen molar-refractivity contribution >= 4 is 17.2 Å². The largest absolute Gasteiger partial charge is 0.333 e. The molecule has 0 spiro atoms. The van der Waals surface area contributed by atoms with Gasteiger partial charge < -0.3 is 4.90 Å². The van der Waals surface area contributed by atoms with E-state index in [2.05, 4.69) is 21.9 Å². The van der Waals surface area contributed by atoms with Gasteiger partial charge in [0.25, 0.3) is 5.91 Å². The number of aryl methyl sites for hydroxylation is 2. The third-order valence-electron chi connectivity index (χ3n) is 3.24. The molecule has 0 saturated carbocycles. The zero-order valence-corrected chi connectivity index (χ0v) is 12.9. The second kappa shape index (κ2) is 6.09. The fraction of sp³-hybridized carbons (Fsp3) is 0.429. The highest BCUT2D eigenvalue weighted by Crippen LogP contribution is 2.29. The van der Waals surface area contributed by atoms with E-state index in [9.17, 15) is 4.79 Å². The van der Waals surface area contributed by atoms with Crippen LogP contribution in [-0.4, -0.2) is 32.8 Å². The first-order chi connectivity index (χ1) is 9.54. The van der Waals surface area contributed by atoms with Crippen molar-refractivity contribution in [3.05, 3.63) is 39.9 Å². The lowest BCUT2D eigenvalue weighted by atomic mass is 10.2. The predicted molar refractivity (Wildman–Crippen MR) is 78.8 cm³/mol. The van der Waals surface area contributed by atoms with E-state index in [4.69, 9.17) is 0 Å². The molecule has 0 unspecified atom stereocenters. The Morgan fingerprint density at radius 3 is 2.75 bits per heavy atom. The SMILES string of the molecule is CCc1nc(C)c([C@H](C)N(C)C(=O)c2cnccn2)s1. The Morgan fingerprint density at radius 1 is 1.45 bits per heavy atom. The van der Waals surface area contributed by atoms with E-state index in [0.717, 1.165) is 22.0 Å². The molecule has 0 N–H and O–H groups in total. The van der Waals surface area contributed by atoms with E-state index in [1.807, 2.05) is 13.8 Å². The molecule has 6 heteroatoms. The van der Waals surface area contributed by atoms with Crippen molar-refractivity contribution in [2.45, 2.75) is 33.2 Å². The summed E-state index contributed by atoms with van der Waals surface area (Å²) < 4.78 is 0. The van der Waals surface area contributed by atoms with Crippen LogP contribution in [0.2, 0.25) is 0 Å². The number of rotatable bonds is 4. The molecule has 0 aliphatic heterocycles. The van der Waals surface area contributed by atoms with Crippen molar-refractivity contribution < 1.29 is 4.79 Å². The molecule has 0 aliphatic rings. The van der Waals surface area contributed by atoms with Gasteiger partial charge >= 0.3 is 0 Å². The molecule has 0 fully saturated rings. The second-order valence-corrected chi connectivity index (χ2v) is 5.71. The summed E-state index contributed by atoms with van der Waals surface area (Å²) in [6.45, 7) is 6.08. The average Bonchev–Trinajstić information content (AvgIpc) is 2.87. The van der Waals surface area contributed by atoms with Crippen LogP contribution in [-0.2, 0) is 6.42 Å². The molecular formula is C14H18N4OS. The summed E-state index contributed by atoms with van der Waals surface area (Å²) in [5.74, 6) is -0.128. The molecule has 0 saturated heterocycles. The van der Waals surface area contributed by atoms with Crippen LogP contribution < -0.4 is 0 Å². The Kier molecular flexibility index (Phi) is 4.44. The molecule has 0 aromatic carbocycles. The van der Waals surface area contributed by atoms with Crippen molar-refractivity contribution in [3.8, 4) is 0 Å². The van der Waals surface area contributed by atoms with Gasteiger partial charge in [-0.3, -0.25) is 9.78 Å². The van der Waals surface area contributed by atoms with E-state index in [0.29, 0.717) is 5.69 Å². The quantitative estimate of drug-likeness (QED) is 0.868. The number of hydrogen-bond acceptors (Lipinski definition) is 5. The van der Waals surface area contributed by atoms with Crippen LogP contribution in [0.15, 0.2) is 18.6 Å². The summed E-state index contributed by atoms with van der Waals surface area (Å²) in [4.78, 5) is 27.7. The molecule has 106 valence electrons. The number of amides is 1. The first-order valence-electron chi connectivity index (χ1n) is 6.54. The van der Waals surface area contributed by atoms with Crippen LogP contribution in [0.5, 0.6) is 0 Å². The third-order valence-corrected chi connectivity index (χ3v) is 4.71. The lowest BCUT2D eigenvalue weighted by Gasteiger charge is -2.23. The monoisotopic (exact) mass is 290 g/mol. The standard InChI is InChI=1S/C14H18N4OS/c1-5-12-17-9(2)13(20-12)10(3)18(4)14(19)11-8-15-6-7-16-11/h6-8,10H,5H2,1-4H3/t10-/m0/s1. The second-order valence-electron chi connectivity index (χ2n) is 4.59. The summed E-state index contributed by atoms with van der Waals surface area (Å²) in [6, 6.07) is -0.0256. The number of aromatic nitrogens is 3. The predicted octanol–water partition coefficient (Wildman–Crippen LogP) is 2.64.